The molecule has 5 rings (SSSR count). The number of pyridine rings is 1. The van der Waals surface area contributed by atoms with E-state index in [1.165, 1.54) is 16.8 Å². The maximum atomic E-state index is 13.1. The van der Waals surface area contributed by atoms with Gasteiger partial charge in [-0.2, -0.15) is 0 Å². The van der Waals surface area contributed by atoms with E-state index >= 15 is 0 Å². The van der Waals surface area contributed by atoms with Crippen LogP contribution in [0.5, 0.6) is 0 Å². The predicted molar refractivity (Wildman–Crippen MR) is 126 cm³/mol. The molecular formula is C26H21FN4O2. The lowest BCUT2D eigenvalue weighted by molar-refractivity contribution is 0.0951. The van der Waals surface area contributed by atoms with Crippen LogP contribution >= 0.6 is 0 Å². The van der Waals surface area contributed by atoms with E-state index < -0.39 is 0 Å². The number of hydrogen-bond acceptors (Lipinski definition) is 3. The molecule has 1 amide bonds. The molecule has 0 atom stereocenters. The topological polar surface area (TPSA) is 79.8 Å². The van der Waals surface area contributed by atoms with Gasteiger partial charge in [0.2, 0.25) is 0 Å². The number of aromatic amines is 1. The van der Waals surface area contributed by atoms with Crippen molar-refractivity contribution in [1.82, 2.24) is 20.1 Å². The number of carbonyl (C=O) groups is 1. The van der Waals surface area contributed by atoms with E-state index in [0.29, 0.717) is 27.4 Å². The molecule has 7 heteroatoms. The molecule has 0 aliphatic rings. The van der Waals surface area contributed by atoms with Crippen LogP contribution in [0, 0.1) is 19.7 Å². The second-order valence-corrected chi connectivity index (χ2v) is 8.11. The van der Waals surface area contributed by atoms with Crippen LogP contribution in [0.3, 0.4) is 0 Å². The summed E-state index contributed by atoms with van der Waals surface area (Å²) in [6.45, 7) is 4.30. The molecule has 2 aromatic heterocycles. The summed E-state index contributed by atoms with van der Waals surface area (Å²) >= 11 is 0. The maximum absolute atomic E-state index is 13.1. The fourth-order valence-corrected chi connectivity index (χ4v) is 3.83. The van der Waals surface area contributed by atoms with Gasteiger partial charge in [-0.1, -0.05) is 18.2 Å². The van der Waals surface area contributed by atoms with Gasteiger partial charge in [-0.3, -0.25) is 19.7 Å². The van der Waals surface area contributed by atoms with Crippen LogP contribution in [0.15, 0.2) is 71.7 Å². The predicted octanol–water partition coefficient (Wildman–Crippen LogP) is 4.55. The van der Waals surface area contributed by atoms with E-state index in [1.807, 2.05) is 32.0 Å². The molecule has 33 heavy (non-hydrogen) atoms. The maximum Gasteiger partial charge on any atom is 0.280 e. The van der Waals surface area contributed by atoms with Gasteiger partial charge in [0.15, 0.2) is 0 Å². The Labute approximate surface area is 188 Å². The first-order valence-corrected chi connectivity index (χ1v) is 10.5. The van der Waals surface area contributed by atoms with Gasteiger partial charge in [0.1, 0.15) is 5.82 Å². The van der Waals surface area contributed by atoms with Crippen molar-refractivity contribution >= 4 is 27.7 Å². The minimum Gasteiger partial charge on any atom is -0.348 e. The summed E-state index contributed by atoms with van der Waals surface area (Å²) < 4.78 is 14.6. The monoisotopic (exact) mass is 440 g/mol. The zero-order valence-electron chi connectivity index (χ0n) is 18.1. The molecule has 0 bridgehead atoms. The molecule has 0 aliphatic carbocycles. The van der Waals surface area contributed by atoms with E-state index in [0.717, 1.165) is 22.4 Å². The highest BCUT2D eigenvalue weighted by Crippen LogP contribution is 2.23. The summed E-state index contributed by atoms with van der Waals surface area (Å²) in [6.07, 6.45) is 1.56. The number of H-pyrrole nitrogens is 1. The molecule has 0 saturated carbocycles. The quantitative estimate of drug-likeness (QED) is 0.430. The van der Waals surface area contributed by atoms with Crippen LogP contribution in [0.1, 0.15) is 27.0 Å². The van der Waals surface area contributed by atoms with Crippen LogP contribution in [0.25, 0.3) is 27.5 Å². The van der Waals surface area contributed by atoms with Gasteiger partial charge < -0.3 is 5.32 Å². The molecule has 0 radical (unpaired) electrons. The van der Waals surface area contributed by atoms with E-state index in [9.17, 15) is 14.0 Å². The van der Waals surface area contributed by atoms with Crippen LogP contribution in [0.2, 0.25) is 0 Å². The number of aromatic nitrogens is 3. The highest BCUT2D eigenvalue weighted by atomic mass is 19.1. The minimum atomic E-state index is -0.321. The first kappa shape index (κ1) is 20.6. The molecule has 0 fully saturated rings. The molecule has 6 nitrogen and oxygen atoms in total. The molecule has 0 saturated heterocycles. The lowest BCUT2D eigenvalue weighted by Gasteiger charge is -2.07. The van der Waals surface area contributed by atoms with Gasteiger partial charge in [-0.05, 0) is 73.0 Å². The van der Waals surface area contributed by atoms with Gasteiger partial charge >= 0.3 is 0 Å². The zero-order valence-corrected chi connectivity index (χ0v) is 18.1. The van der Waals surface area contributed by atoms with Crippen LogP contribution in [-0.4, -0.2) is 20.7 Å². The Kier molecular flexibility index (Phi) is 5.01. The van der Waals surface area contributed by atoms with Crippen molar-refractivity contribution in [1.29, 1.82) is 0 Å². The number of nitrogens with one attached hydrogen (secondary N) is 2. The van der Waals surface area contributed by atoms with Crippen LogP contribution in [0.4, 0.5) is 4.39 Å². The third kappa shape index (κ3) is 3.78. The number of nitrogens with zero attached hydrogens (tertiary/aromatic N) is 2. The number of rotatable bonds is 4. The van der Waals surface area contributed by atoms with Gasteiger partial charge in [0.25, 0.3) is 11.5 Å². The van der Waals surface area contributed by atoms with Crippen molar-refractivity contribution < 1.29 is 9.18 Å². The first-order chi connectivity index (χ1) is 15.9. The van der Waals surface area contributed by atoms with Gasteiger partial charge in [-0.15, -0.1) is 0 Å². The second kappa shape index (κ2) is 8.02. The molecule has 5 aromatic rings. The molecule has 0 aliphatic heterocycles. The molecule has 0 unspecified atom stereocenters. The third-order valence-corrected chi connectivity index (χ3v) is 5.90. The van der Waals surface area contributed by atoms with Crippen molar-refractivity contribution in [3.8, 4) is 5.69 Å². The highest BCUT2D eigenvalue weighted by Gasteiger charge is 2.14. The fourth-order valence-electron chi connectivity index (χ4n) is 3.83. The number of hydrogen-bond donors (Lipinski definition) is 2. The Morgan fingerprint density at radius 3 is 2.55 bits per heavy atom. The van der Waals surface area contributed by atoms with E-state index in [1.54, 1.807) is 36.5 Å². The second-order valence-electron chi connectivity index (χ2n) is 8.11. The highest BCUT2D eigenvalue weighted by molar-refractivity contribution is 6.06. The van der Waals surface area contributed by atoms with Crippen molar-refractivity contribution in [2.45, 2.75) is 20.4 Å². The number of amides is 1. The van der Waals surface area contributed by atoms with Crippen molar-refractivity contribution in [3.05, 3.63) is 105 Å². The first-order valence-electron chi connectivity index (χ1n) is 10.5. The minimum absolute atomic E-state index is 0.200. The normalized spacial score (nSPS) is 11.2. The summed E-state index contributed by atoms with van der Waals surface area (Å²) in [6, 6.07) is 17.0. The molecule has 2 heterocycles. The Morgan fingerprint density at radius 2 is 1.79 bits per heavy atom. The van der Waals surface area contributed by atoms with Gasteiger partial charge in [0, 0.05) is 23.7 Å². The Hall–Kier alpha value is -4.26. The summed E-state index contributed by atoms with van der Waals surface area (Å²) in [5, 5.41) is 7.17. The molecule has 3 aromatic carbocycles. The number of benzene rings is 3. The molecule has 0 spiro atoms. The summed E-state index contributed by atoms with van der Waals surface area (Å²) in [5.74, 6) is -0.591. The molecular weight excluding hydrogens is 419 g/mol. The van der Waals surface area contributed by atoms with Crippen LogP contribution < -0.4 is 10.9 Å². The van der Waals surface area contributed by atoms with Crippen molar-refractivity contribution in [2.75, 3.05) is 0 Å². The van der Waals surface area contributed by atoms with E-state index in [-0.39, 0.29) is 23.8 Å². The van der Waals surface area contributed by atoms with Crippen molar-refractivity contribution in [3.63, 3.8) is 0 Å². The standard InChI is InChI=1S/C26H21FN4O2/c1-15-3-9-20(11-16(15)2)31-26(33)22-14-28-23-10-6-18(12-21(23)24(22)30-31)25(32)29-13-17-4-7-19(27)8-5-17/h3-12,14,30H,13H2,1-2H3,(H,29,32). The summed E-state index contributed by atoms with van der Waals surface area (Å²) in [4.78, 5) is 30.2. The largest absolute Gasteiger partial charge is 0.348 e. The number of aryl methyl sites for hydroxylation is 2. The molecule has 2 N–H and O–H groups in total. The Bertz CT molecular complexity index is 1580. The van der Waals surface area contributed by atoms with E-state index in [2.05, 4.69) is 15.4 Å². The lowest BCUT2D eigenvalue weighted by atomic mass is 10.1. The zero-order chi connectivity index (χ0) is 23.1. The summed E-state index contributed by atoms with van der Waals surface area (Å²) in [5.41, 5.74) is 5.30. The fraction of sp³-hybridized carbons (Fsp3) is 0.115. The molecule has 164 valence electrons. The number of carbonyl (C=O) groups excluding carboxylic acids is 1. The van der Waals surface area contributed by atoms with Gasteiger partial charge in [0.05, 0.1) is 22.1 Å². The Morgan fingerprint density at radius 1 is 1.00 bits per heavy atom. The smallest absolute Gasteiger partial charge is 0.280 e. The average Bonchev–Trinajstić information content (AvgIpc) is 3.17. The number of fused-ring (bicyclic) bond motifs is 3. The Balaban J connectivity index is 1.53. The summed E-state index contributed by atoms with van der Waals surface area (Å²) in [7, 11) is 0. The third-order valence-electron chi connectivity index (χ3n) is 5.90. The van der Waals surface area contributed by atoms with Crippen LogP contribution in [-0.2, 0) is 6.54 Å². The van der Waals surface area contributed by atoms with Gasteiger partial charge in [-0.25, -0.2) is 9.07 Å². The SMILES string of the molecule is Cc1ccc(-n2[nH]c3c(cnc4ccc(C(=O)NCc5ccc(F)cc5)cc43)c2=O)cc1C. The average molecular weight is 440 g/mol. The lowest BCUT2D eigenvalue weighted by Crippen LogP contribution is -2.22. The van der Waals surface area contributed by atoms with E-state index in [4.69, 9.17) is 0 Å². The number of halogens is 1. The van der Waals surface area contributed by atoms with Crippen molar-refractivity contribution in [2.24, 2.45) is 0 Å².